The number of amides is 6. The maximum Gasteiger partial charge on any atom is 0.312 e. The van der Waals surface area contributed by atoms with Crippen molar-refractivity contribution < 1.29 is 33.5 Å². The van der Waals surface area contributed by atoms with Crippen molar-refractivity contribution in [1.82, 2.24) is 21.3 Å². The van der Waals surface area contributed by atoms with Crippen LogP contribution in [0.3, 0.4) is 0 Å². The highest BCUT2D eigenvalue weighted by molar-refractivity contribution is 5.98. The molecule has 0 fully saturated rings. The lowest BCUT2D eigenvalue weighted by Crippen LogP contribution is -2.54. The number of benzene rings is 1. The predicted molar refractivity (Wildman–Crippen MR) is 153 cm³/mol. The van der Waals surface area contributed by atoms with Gasteiger partial charge < -0.3 is 37.1 Å². The minimum Gasteiger partial charge on any atom is -0.461 e. The topological polar surface area (TPSA) is 198 Å². The lowest BCUT2D eigenvalue weighted by atomic mass is 10.0. The molecule has 0 bridgehead atoms. The first-order valence-corrected chi connectivity index (χ1v) is 13.8. The maximum absolute atomic E-state index is 13.2. The van der Waals surface area contributed by atoms with Crippen molar-refractivity contribution >= 4 is 41.3 Å². The smallest absolute Gasteiger partial charge is 0.312 e. The molecule has 2 atom stereocenters. The summed E-state index contributed by atoms with van der Waals surface area (Å²) in [5.74, 6) is -2.64. The van der Waals surface area contributed by atoms with E-state index in [1.807, 2.05) is 0 Å². The van der Waals surface area contributed by atoms with Crippen LogP contribution in [0.25, 0.3) is 0 Å². The molecule has 13 nitrogen and oxygen atoms in total. The standard InChI is InChI=1S/C28H44N6O7/c1-6-30-22(35)13-14-23(36)34-24(17(2)3)26(38)33-21(8-7-15-31-28(29)40)25(37)32-20-11-9-19(10-12-20)16-41-27(39)18(4)5/h9-12,17-18,21,24H,6-8,13-16H2,1-5H3,(H,30,35)(H,32,37)(H,33,38)(H,34,36)(H3,29,31,40)/t21-,24-/m0/s1. The number of anilines is 1. The Balaban J connectivity index is 2.89. The summed E-state index contributed by atoms with van der Waals surface area (Å²) < 4.78 is 5.21. The van der Waals surface area contributed by atoms with Gasteiger partial charge in [-0.3, -0.25) is 24.0 Å². The molecule has 0 aliphatic rings. The number of hydrogen-bond acceptors (Lipinski definition) is 7. The molecule has 13 heteroatoms. The summed E-state index contributed by atoms with van der Waals surface area (Å²) in [5, 5.41) is 13.2. The van der Waals surface area contributed by atoms with Gasteiger partial charge in [-0.1, -0.05) is 39.8 Å². The van der Waals surface area contributed by atoms with E-state index in [1.54, 1.807) is 58.9 Å². The zero-order valence-corrected chi connectivity index (χ0v) is 24.5. The monoisotopic (exact) mass is 576 g/mol. The maximum atomic E-state index is 13.2. The first-order chi connectivity index (χ1) is 19.3. The van der Waals surface area contributed by atoms with Gasteiger partial charge in [-0.25, -0.2) is 4.79 Å². The summed E-state index contributed by atoms with van der Waals surface area (Å²) in [4.78, 5) is 73.1. The summed E-state index contributed by atoms with van der Waals surface area (Å²) >= 11 is 0. The van der Waals surface area contributed by atoms with Crippen LogP contribution in [0.5, 0.6) is 0 Å². The van der Waals surface area contributed by atoms with Gasteiger partial charge in [-0.2, -0.15) is 0 Å². The fourth-order valence-corrected chi connectivity index (χ4v) is 3.58. The van der Waals surface area contributed by atoms with Crippen molar-refractivity contribution in [1.29, 1.82) is 0 Å². The van der Waals surface area contributed by atoms with Crippen molar-refractivity contribution in [3.8, 4) is 0 Å². The van der Waals surface area contributed by atoms with E-state index in [2.05, 4.69) is 26.6 Å². The molecule has 1 aromatic carbocycles. The van der Waals surface area contributed by atoms with E-state index >= 15 is 0 Å². The van der Waals surface area contributed by atoms with E-state index in [1.165, 1.54) is 0 Å². The molecule has 7 N–H and O–H groups in total. The average molecular weight is 577 g/mol. The summed E-state index contributed by atoms with van der Waals surface area (Å²) in [6.07, 6.45) is 0.421. The molecular formula is C28H44N6O7. The van der Waals surface area contributed by atoms with Gasteiger partial charge in [0.05, 0.1) is 5.92 Å². The Kier molecular flexibility index (Phi) is 15.5. The molecule has 1 rings (SSSR count). The minimum absolute atomic E-state index is 0.0110. The van der Waals surface area contributed by atoms with Gasteiger partial charge in [0.1, 0.15) is 18.7 Å². The molecule has 0 unspecified atom stereocenters. The number of hydrogen-bond donors (Lipinski definition) is 6. The van der Waals surface area contributed by atoms with E-state index in [0.29, 0.717) is 18.7 Å². The van der Waals surface area contributed by atoms with Crippen LogP contribution >= 0.6 is 0 Å². The number of nitrogens with two attached hydrogens (primary N) is 1. The van der Waals surface area contributed by atoms with Crippen LogP contribution in [0.2, 0.25) is 0 Å². The van der Waals surface area contributed by atoms with E-state index < -0.39 is 35.8 Å². The van der Waals surface area contributed by atoms with E-state index in [0.717, 1.165) is 5.56 Å². The highest BCUT2D eigenvalue weighted by Crippen LogP contribution is 2.13. The van der Waals surface area contributed by atoms with Crippen LogP contribution in [0.15, 0.2) is 24.3 Å². The first kappa shape index (κ1) is 34.9. The normalized spacial score (nSPS) is 12.2. The number of urea groups is 1. The Hall–Kier alpha value is -4.16. The predicted octanol–water partition coefficient (Wildman–Crippen LogP) is 1.31. The molecular weight excluding hydrogens is 532 g/mol. The number of ether oxygens (including phenoxy) is 1. The van der Waals surface area contributed by atoms with Crippen molar-refractivity contribution in [2.75, 3.05) is 18.4 Å². The summed E-state index contributed by atoms with van der Waals surface area (Å²) in [5.41, 5.74) is 6.30. The summed E-state index contributed by atoms with van der Waals surface area (Å²) in [7, 11) is 0. The third-order valence-corrected chi connectivity index (χ3v) is 5.89. The summed E-state index contributed by atoms with van der Waals surface area (Å²) in [6, 6.07) is 4.08. The molecule has 0 aliphatic carbocycles. The second-order valence-electron chi connectivity index (χ2n) is 10.2. The lowest BCUT2D eigenvalue weighted by molar-refractivity contribution is -0.148. The van der Waals surface area contributed by atoms with Gasteiger partial charge in [0.15, 0.2) is 0 Å². The number of nitrogens with one attached hydrogen (secondary N) is 5. The fourth-order valence-electron chi connectivity index (χ4n) is 3.58. The highest BCUT2D eigenvalue weighted by Gasteiger charge is 2.29. The van der Waals surface area contributed by atoms with E-state index in [4.69, 9.17) is 10.5 Å². The molecule has 0 spiro atoms. The lowest BCUT2D eigenvalue weighted by Gasteiger charge is -2.25. The molecule has 0 radical (unpaired) electrons. The van der Waals surface area contributed by atoms with Crippen LogP contribution in [-0.2, 0) is 35.3 Å². The zero-order chi connectivity index (χ0) is 30.9. The van der Waals surface area contributed by atoms with Gasteiger partial charge in [-0.15, -0.1) is 0 Å². The van der Waals surface area contributed by atoms with Gasteiger partial charge in [-0.05, 0) is 43.4 Å². The molecule has 0 heterocycles. The third kappa shape index (κ3) is 14.2. The van der Waals surface area contributed by atoms with Crippen LogP contribution in [0, 0.1) is 11.8 Å². The van der Waals surface area contributed by atoms with Crippen molar-refractivity contribution in [2.24, 2.45) is 17.6 Å². The largest absolute Gasteiger partial charge is 0.461 e. The Morgan fingerprint density at radius 3 is 2.05 bits per heavy atom. The second kappa shape index (κ2) is 18.2. The highest BCUT2D eigenvalue weighted by atomic mass is 16.5. The number of carbonyl (C=O) groups is 6. The average Bonchev–Trinajstić information content (AvgIpc) is 2.91. The van der Waals surface area contributed by atoms with Crippen LogP contribution < -0.4 is 32.3 Å². The first-order valence-electron chi connectivity index (χ1n) is 13.8. The SMILES string of the molecule is CCNC(=O)CCC(=O)N[C@H](C(=O)N[C@@H](CCCNC(N)=O)C(=O)Nc1ccc(COC(=O)C(C)C)cc1)C(C)C. The van der Waals surface area contributed by atoms with Crippen molar-refractivity contribution in [3.05, 3.63) is 29.8 Å². The van der Waals surface area contributed by atoms with E-state index in [9.17, 15) is 28.8 Å². The van der Waals surface area contributed by atoms with Crippen molar-refractivity contribution in [2.45, 2.75) is 79.0 Å². The van der Waals surface area contributed by atoms with Gasteiger partial charge in [0.2, 0.25) is 23.6 Å². The van der Waals surface area contributed by atoms with Crippen LogP contribution in [0.4, 0.5) is 10.5 Å². The molecule has 1 aromatic rings. The second-order valence-corrected chi connectivity index (χ2v) is 10.2. The van der Waals surface area contributed by atoms with Crippen LogP contribution in [0.1, 0.15) is 65.9 Å². The Morgan fingerprint density at radius 1 is 0.854 bits per heavy atom. The molecule has 41 heavy (non-hydrogen) atoms. The zero-order valence-electron chi connectivity index (χ0n) is 24.5. The third-order valence-electron chi connectivity index (χ3n) is 5.89. The number of primary amides is 1. The molecule has 228 valence electrons. The van der Waals surface area contributed by atoms with Crippen molar-refractivity contribution in [3.63, 3.8) is 0 Å². The summed E-state index contributed by atoms with van der Waals surface area (Å²) in [6.45, 7) is 9.51. The molecule has 0 saturated carbocycles. The minimum atomic E-state index is -0.989. The molecule has 0 aliphatic heterocycles. The number of rotatable bonds is 17. The molecule has 0 aromatic heterocycles. The van der Waals surface area contributed by atoms with Gasteiger partial charge in [0, 0.05) is 31.6 Å². The number of carbonyl (C=O) groups excluding carboxylic acids is 6. The Labute approximate surface area is 241 Å². The van der Waals surface area contributed by atoms with Gasteiger partial charge in [0.25, 0.3) is 0 Å². The fraction of sp³-hybridized carbons (Fsp3) is 0.571. The molecule has 0 saturated heterocycles. The van der Waals surface area contributed by atoms with Gasteiger partial charge >= 0.3 is 12.0 Å². The van der Waals surface area contributed by atoms with E-state index in [-0.39, 0.29) is 56.1 Å². The Bertz CT molecular complexity index is 1040. The Morgan fingerprint density at radius 2 is 1.49 bits per heavy atom. The number of esters is 1. The molecule has 6 amide bonds. The van der Waals surface area contributed by atoms with Crippen LogP contribution in [-0.4, -0.2) is 60.8 Å². The quantitative estimate of drug-likeness (QED) is 0.119.